The first-order valence-electron chi connectivity index (χ1n) is 1.46. The summed E-state index contributed by atoms with van der Waals surface area (Å²) in [5, 5.41) is 0.329. The maximum atomic E-state index is 5.27. The Morgan fingerprint density at radius 2 is 2.20 bits per heavy atom. The van der Waals surface area contributed by atoms with E-state index >= 15 is 0 Å². The lowest BCUT2D eigenvalue weighted by molar-refractivity contribution is 1.99. The Morgan fingerprint density at radius 3 is 2.20 bits per heavy atom. The molecule has 0 amide bonds. The summed E-state index contributed by atoms with van der Waals surface area (Å²) in [5.74, 6) is 0. The van der Waals surface area contributed by atoms with Gasteiger partial charge in [-0.1, -0.05) is 0 Å². The average Bonchev–Trinajstić information content (AvgIpc) is 1.38. The Morgan fingerprint density at radius 1 is 2.00 bits per heavy atom. The second-order valence-electron chi connectivity index (χ2n) is 0.814. The molecule has 0 saturated carbocycles. The van der Waals surface area contributed by atoms with Crippen molar-refractivity contribution >= 4 is 25.7 Å². The summed E-state index contributed by atoms with van der Waals surface area (Å²) in [6.45, 7) is 2.08. The molecular weight excluding hydrogens is 96.8 g/mol. The summed E-state index contributed by atoms with van der Waals surface area (Å²) >= 11 is 0. The molecule has 0 N–H and O–H groups in total. The van der Waals surface area contributed by atoms with Crippen LogP contribution in [0.4, 0.5) is 0 Å². The molecule has 3 atom stereocenters. The van der Waals surface area contributed by atoms with Gasteiger partial charge in [0, 0.05) is 0 Å². The van der Waals surface area contributed by atoms with Gasteiger partial charge in [-0.05, 0) is 12.0 Å². The highest BCUT2D eigenvalue weighted by atomic mass is 31.1. The highest BCUT2D eigenvalue weighted by Gasteiger charge is 1.79. The van der Waals surface area contributed by atoms with Gasteiger partial charge in [-0.3, -0.25) is 0 Å². The van der Waals surface area contributed by atoms with Crippen molar-refractivity contribution in [3.8, 4) is 0 Å². The van der Waals surface area contributed by atoms with Gasteiger partial charge < -0.3 is 0 Å². The van der Waals surface area contributed by atoms with Crippen molar-refractivity contribution in [2.45, 2.75) is 5.30 Å². The minimum Gasteiger partial charge on any atom is -0.139 e. The van der Waals surface area contributed by atoms with Gasteiger partial charge in [-0.15, -0.1) is 17.8 Å². The second kappa shape index (κ2) is 3.13. The Hall–Kier alpha value is 0.925. The van der Waals surface area contributed by atoms with Crippen LogP contribution in [0.5, 0.6) is 0 Å². The highest BCUT2D eigenvalue weighted by molar-refractivity contribution is 7.52. The summed E-state index contributed by atoms with van der Waals surface area (Å²) in [5.41, 5.74) is 0. The van der Waals surface area contributed by atoms with E-state index in [-0.39, 0.29) is 0 Å². The molecule has 0 aromatic heterocycles. The molecular formula is C2H7BP2. The molecule has 28 valence electrons. The molecule has 3 heteroatoms. The fourth-order valence-electron chi connectivity index (χ4n) is 0. The van der Waals surface area contributed by atoms with Crippen LogP contribution in [0.2, 0.25) is 0 Å². The number of hydrogen-bond acceptors (Lipinski definition) is 0. The van der Waals surface area contributed by atoms with Gasteiger partial charge in [-0.2, -0.15) is 0 Å². The van der Waals surface area contributed by atoms with Crippen LogP contribution in [0.3, 0.4) is 0 Å². The van der Waals surface area contributed by atoms with E-state index < -0.39 is 0 Å². The topological polar surface area (TPSA) is 0 Å². The van der Waals surface area contributed by atoms with E-state index in [4.69, 9.17) is 7.85 Å². The second-order valence-corrected chi connectivity index (χ2v) is 3.44. The van der Waals surface area contributed by atoms with E-state index in [0.29, 0.717) is 5.30 Å². The maximum Gasteiger partial charge on any atom is 0.0816 e. The molecule has 0 saturated heterocycles. The van der Waals surface area contributed by atoms with Gasteiger partial charge in [0.25, 0.3) is 0 Å². The minimum absolute atomic E-state index is 0.329. The third kappa shape index (κ3) is 4.92. The van der Waals surface area contributed by atoms with E-state index in [9.17, 15) is 0 Å². The molecule has 0 nitrogen and oxygen atoms in total. The lowest BCUT2D eigenvalue weighted by Crippen LogP contribution is -1.79. The molecule has 0 aliphatic rings. The Labute approximate surface area is 38.5 Å². The van der Waals surface area contributed by atoms with Gasteiger partial charge in [0.2, 0.25) is 0 Å². The predicted octanol–water partition coefficient (Wildman–Crippen LogP) is 0.622. The number of rotatable bonds is 1. The Balaban J connectivity index is 2.54. The van der Waals surface area contributed by atoms with Crippen LogP contribution < -0.4 is 0 Å². The fourth-order valence-corrected chi connectivity index (χ4v) is 0. The van der Waals surface area contributed by atoms with Gasteiger partial charge in [0.05, 0.1) is 7.85 Å². The summed E-state index contributed by atoms with van der Waals surface area (Å²) in [6, 6.07) is 0. The van der Waals surface area contributed by atoms with Gasteiger partial charge in [0.1, 0.15) is 0 Å². The van der Waals surface area contributed by atoms with E-state index in [0.717, 1.165) is 8.58 Å². The summed E-state index contributed by atoms with van der Waals surface area (Å²) < 4.78 is 0. The van der Waals surface area contributed by atoms with Gasteiger partial charge in [-0.25, -0.2) is 0 Å². The zero-order valence-corrected chi connectivity index (χ0v) is 5.39. The first-order valence-corrected chi connectivity index (χ1v) is 3.70. The molecule has 0 aliphatic heterocycles. The molecule has 0 aromatic carbocycles. The molecule has 3 unspecified atom stereocenters. The average molecular weight is 104 g/mol. The fraction of sp³-hybridized carbons (Fsp3) is 1.00. The zero-order chi connectivity index (χ0) is 4.28. The van der Waals surface area contributed by atoms with Crippen molar-refractivity contribution < 1.29 is 0 Å². The van der Waals surface area contributed by atoms with Crippen LogP contribution in [-0.4, -0.2) is 19.8 Å². The van der Waals surface area contributed by atoms with E-state index in [1.807, 2.05) is 0 Å². The third-order valence-electron chi connectivity index (χ3n) is 0.333. The van der Waals surface area contributed by atoms with E-state index in [1.165, 1.54) is 0 Å². The molecule has 0 rings (SSSR count). The Kier molecular flexibility index (Phi) is 3.71. The van der Waals surface area contributed by atoms with E-state index in [2.05, 4.69) is 15.9 Å². The quantitative estimate of drug-likeness (QED) is 0.338. The van der Waals surface area contributed by atoms with Crippen LogP contribution in [0, 0.1) is 0 Å². The monoisotopic (exact) mass is 104 g/mol. The first kappa shape index (κ1) is 5.92. The van der Waals surface area contributed by atoms with Crippen LogP contribution in [-0.2, 0) is 0 Å². The van der Waals surface area contributed by atoms with Crippen molar-refractivity contribution in [1.29, 1.82) is 0 Å². The zero-order valence-electron chi connectivity index (χ0n) is 3.23. The van der Waals surface area contributed by atoms with Crippen LogP contribution in [0.25, 0.3) is 0 Å². The standard InChI is InChI=1S/C2H7BP2/c1-5-2(3)4/h2,5H,4H2,1H3. The van der Waals surface area contributed by atoms with Crippen molar-refractivity contribution in [2.75, 3.05) is 6.66 Å². The molecule has 0 bridgehead atoms. The summed E-state index contributed by atoms with van der Waals surface area (Å²) in [6.07, 6.45) is 0. The van der Waals surface area contributed by atoms with Crippen molar-refractivity contribution in [3.63, 3.8) is 0 Å². The largest absolute Gasteiger partial charge is 0.139 e. The smallest absolute Gasteiger partial charge is 0.0816 e. The summed E-state index contributed by atoms with van der Waals surface area (Å²) in [4.78, 5) is 0. The van der Waals surface area contributed by atoms with Gasteiger partial charge >= 0.3 is 0 Å². The SMILES string of the molecule is [B]C(P)PC. The summed E-state index contributed by atoms with van der Waals surface area (Å²) in [7, 11) is 8.65. The molecule has 0 spiro atoms. The third-order valence-corrected chi connectivity index (χ3v) is 2.00. The maximum absolute atomic E-state index is 5.27. The van der Waals surface area contributed by atoms with Crippen LogP contribution in [0.1, 0.15) is 0 Å². The Bertz CT molecular complexity index is 21.6. The number of hydrogen-bond donors (Lipinski definition) is 0. The molecule has 5 heavy (non-hydrogen) atoms. The molecule has 0 heterocycles. The van der Waals surface area contributed by atoms with Crippen molar-refractivity contribution in [2.24, 2.45) is 0 Å². The first-order chi connectivity index (χ1) is 2.27. The van der Waals surface area contributed by atoms with E-state index in [1.54, 1.807) is 0 Å². The lowest BCUT2D eigenvalue weighted by Gasteiger charge is -1.91. The molecule has 0 fully saturated rings. The van der Waals surface area contributed by atoms with Crippen LogP contribution >= 0.6 is 17.8 Å². The lowest BCUT2D eigenvalue weighted by atomic mass is 10.2. The molecule has 0 aliphatic carbocycles. The van der Waals surface area contributed by atoms with Crippen molar-refractivity contribution in [3.05, 3.63) is 0 Å². The molecule has 2 radical (unpaired) electrons. The van der Waals surface area contributed by atoms with Crippen LogP contribution in [0.15, 0.2) is 0 Å². The minimum atomic E-state index is 0.329. The molecule has 0 aromatic rings. The normalized spacial score (nSPS) is 17.2. The predicted molar refractivity (Wildman–Crippen MR) is 33.5 cm³/mol. The highest BCUT2D eigenvalue weighted by Crippen LogP contribution is 2.14. The van der Waals surface area contributed by atoms with Gasteiger partial charge in [0.15, 0.2) is 0 Å². The van der Waals surface area contributed by atoms with Crippen molar-refractivity contribution in [1.82, 2.24) is 0 Å².